The Labute approximate surface area is 98.4 Å². The van der Waals surface area contributed by atoms with E-state index in [9.17, 15) is 9.90 Å². The Morgan fingerprint density at radius 2 is 1.56 bits per heavy atom. The second kappa shape index (κ2) is 4.72. The van der Waals surface area contributed by atoms with Crippen LogP contribution >= 0.6 is 0 Å². The summed E-state index contributed by atoms with van der Waals surface area (Å²) in [5.74, 6) is -0.220. The van der Waals surface area contributed by atoms with Crippen LogP contribution in [0.2, 0.25) is 0 Å². The molecule has 0 aliphatic heterocycles. The third kappa shape index (κ3) is 5.47. The Balaban J connectivity index is 4.26. The molecule has 16 heavy (non-hydrogen) atoms. The zero-order valence-electron chi connectivity index (χ0n) is 11.5. The summed E-state index contributed by atoms with van der Waals surface area (Å²) in [6.45, 7) is 12.6. The van der Waals surface area contributed by atoms with Crippen LogP contribution in [-0.4, -0.2) is 34.4 Å². The quantitative estimate of drug-likeness (QED) is 0.770. The number of rotatable bonds is 4. The van der Waals surface area contributed by atoms with Crippen molar-refractivity contribution in [2.24, 2.45) is 0 Å². The molecule has 2 N–H and O–H groups in total. The maximum Gasteiger partial charge on any atom is 0.246 e. The van der Waals surface area contributed by atoms with Gasteiger partial charge in [0.15, 0.2) is 0 Å². The maximum absolute atomic E-state index is 11.6. The van der Waals surface area contributed by atoms with E-state index in [0.29, 0.717) is 0 Å². The third-order valence-corrected chi connectivity index (χ3v) is 2.62. The molecule has 0 atom stereocenters. The molecule has 0 aromatic heterocycles. The van der Waals surface area contributed by atoms with Crippen molar-refractivity contribution in [3.63, 3.8) is 0 Å². The van der Waals surface area contributed by atoms with E-state index in [1.54, 1.807) is 27.7 Å². The first-order chi connectivity index (χ1) is 6.85. The first-order valence-corrected chi connectivity index (χ1v) is 5.52. The van der Waals surface area contributed by atoms with E-state index < -0.39 is 11.1 Å². The van der Waals surface area contributed by atoms with Crippen molar-refractivity contribution >= 4 is 5.91 Å². The molecule has 0 heterocycles. The number of amides is 1. The molecule has 0 saturated carbocycles. The maximum atomic E-state index is 11.6. The Bertz CT molecular complexity index is 246. The van der Waals surface area contributed by atoms with Crippen LogP contribution < -0.4 is 5.32 Å². The molecule has 4 heteroatoms. The number of aliphatic hydroxyl groups is 1. The minimum atomic E-state index is -0.982. The average molecular weight is 231 g/mol. The van der Waals surface area contributed by atoms with E-state index in [1.807, 2.05) is 20.8 Å². The van der Waals surface area contributed by atoms with Crippen LogP contribution in [0.3, 0.4) is 0 Å². The lowest BCUT2D eigenvalue weighted by Crippen LogP contribution is -2.58. The van der Waals surface area contributed by atoms with Crippen LogP contribution in [0.15, 0.2) is 0 Å². The molecule has 0 unspecified atom stereocenters. The highest BCUT2D eigenvalue weighted by Gasteiger charge is 2.36. The largest absolute Gasteiger partial charge is 0.388 e. The van der Waals surface area contributed by atoms with E-state index in [2.05, 4.69) is 5.32 Å². The van der Waals surface area contributed by atoms with E-state index in [1.165, 1.54) is 0 Å². The summed E-state index contributed by atoms with van der Waals surface area (Å²) < 4.78 is 5.36. The highest BCUT2D eigenvalue weighted by Crippen LogP contribution is 2.20. The summed E-state index contributed by atoms with van der Waals surface area (Å²) in [6.07, 6.45) is 0. The van der Waals surface area contributed by atoms with E-state index in [4.69, 9.17) is 4.74 Å². The number of carbonyl (C=O) groups is 1. The number of nitrogens with one attached hydrogen (secondary N) is 1. The van der Waals surface area contributed by atoms with Gasteiger partial charge < -0.3 is 15.2 Å². The van der Waals surface area contributed by atoms with Crippen molar-refractivity contribution in [2.75, 3.05) is 6.61 Å². The van der Waals surface area contributed by atoms with Crippen molar-refractivity contribution in [1.29, 1.82) is 0 Å². The van der Waals surface area contributed by atoms with Gasteiger partial charge in [0.05, 0.1) is 16.7 Å². The molecule has 0 aliphatic carbocycles. The monoisotopic (exact) mass is 231 g/mol. The van der Waals surface area contributed by atoms with Gasteiger partial charge in [0, 0.05) is 0 Å². The fourth-order valence-electron chi connectivity index (χ4n) is 0.820. The molecular formula is C12H25NO3. The fourth-order valence-corrected chi connectivity index (χ4v) is 0.820. The van der Waals surface area contributed by atoms with Crippen molar-refractivity contribution < 1.29 is 14.6 Å². The van der Waals surface area contributed by atoms with Gasteiger partial charge in [-0.25, -0.2) is 0 Å². The summed E-state index contributed by atoms with van der Waals surface area (Å²) in [5.41, 5.74) is -2.01. The first-order valence-electron chi connectivity index (χ1n) is 5.52. The number of hydrogen-bond donors (Lipinski definition) is 2. The Hall–Kier alpha value is -0.610. The van der Waals surface area contributed by atoms with Crippen LogP contribution in [0.5, 0.6) is 0 Å². The minimum absolute atomic E-state index is 0.00299. The lowest BCUT2D eigenvalue weighted by Gasteiger charge is -2.38. The molecule has 0 aliphatic rings. The summed E-state index contributed by atoms with van der Waals surface area (Å²) >= 11 is 0. The van der Waals surface area contributed by atoms with Crippen molar-refractivity contribution in [1.82, 2.24) is 5.32 Å². The van der Waals surface area contributed by atoms with Crippen LogP contribution in [0.1, 0.15) is 48.5 Å². The molecule has 0 saturated heterocycles. The van der Waals surface area contributed by atoms with E-state index in [-0.39, 0.29) is 18.1 Å². The zero-order chi connectivity index (χ0) is 13.2. The molecule has 1 amide bonds. The third-order valence-electron chi connectivity index (χ3n) is 2.62. The summed E-state index contributed by atoms with van der Waals surface area (Å²) in [4.78, 5) is 11.6. The molecular weight excluding hydrogens is 206 g/mol. The van der Waals surface area contributed by atoms with Crippen LogP contribution in [0.25, 0.3) is 0 Å². The molecule has 0 spiro atoms. The molecule has 96 valence electrons. The fraction of sp³-hybridized carbons (Fsp3) is 0.917. The van der Waals surface area contributed by atoms with Crippen molar-refractivity contribution in [3.8, 4) is 0 Å². The van der Waals surface area contributed by atoms with E-state index >= 15 is 0 Å². The topological polar surface area (TPSA) is 58.6 Å². The zero-order valence-corrected chi connectivity index (χ0v) is 11.5. The molecule has 4 nitrogen and oxygen atoms in total. The molecule has 0 bridgehead atoms. The van der Waals surface area contributed by atoms with Gasteiger partial charge >= 0.3 is 0 Å². The predicted octanol–water partition coefficient (Wildman–Crippen LogP) is 1.47. The minimum Gasteiger partial charge on any atom is -0.388 e. The average Bonchev–Trinajstić information content (AvgIpc) is 1.96. The standard InChI is InChI=1S/C12H25NO3/c1-10(2,3)16-8-9(14)13-11(4,5)12(6,7)15/h15H,8H2,1-7H3,(H,13,14). The van der Waals surface area contributed by atoms with Crippen molar-refractivity contribution in [2.45, 2.75) is 65.2 Å². The molecule has 0 aromatic carbocycles. The predicted molar refractivity (Wildman–Crippen MR) is 64.2 cm³/mol. The van der Waals surface area contributed by atoms with Crippen molar-refractivity contribution in [3.05, 3.63) is 0 Å². The summed E-state index contributed by atoms with van der Waals surface area (Å²) in [6, 6.07) is 0. The van der Waals surface area contributed by atoms with Gasteiger partial charge in [-0.05, 0) is 48.5 Å². The van der Waals surface area contributed by atoms with Gasteiger partial charge in [-0.3, -0.25) is 4.79 Å². The number of hydrogen-bond acceptors (Lipinski definition) is 3. The number of ether oxygens (including phenoxy) is 1. The lowest BCUT2D eigenvalue weighted by atomic mass is 9.86. The Morgan fingerprint density at radius 1 is 1.12 bits per heavy atom. The molecule has 0 fully saturated rings. The van der Waals surface area contributed by atoms with Gasteiger partial charge in [0.2, 0.25) is 5.91 Å². The van der Waals surface area contributed by atoms with Crippen LogP contribution in [-0.2, 0) is 9.53 Å². The lowest BCUT2D eigenvalue weighted by molar-refractivity contribution is -0.135. The highest BCUT2D eigenvalue weighted by molar-refractivity contribution is 5.78. The van der Waals surface area contributed by atoms with Crippen LogP contribution in [0, 0.1) is 0 Å². The van der Waals surface area contributed by atoms with Gasteiger partial charge in [0.25, 0.3) is 0 Å². The second-order valence-corrected chi connectivity index (χ2v) is 6.13. The van der Waals surface area contributed by atoms with Gasteiger partial charge in [0.1, 0.15) is 6.61 Å². The SMILES string of the molecule is CC(C)(C)OCC(=O)NC(C)(C)C(C)(C)O. The van der Waals surface area contributed by atoms with Gasteiger partial charge in [-0.1, -0.05) is 0 Å². The molecule has 0 aromatic rings. The highest BCUT2D eigenvalue weighted by atomic mass is 16.5. The summed E-state index contributed by atoms with van der Waals surface area (Å²) in [7, 11) is 0. The summed E-state index contributed by atoms with van der Waals surface area (Å²) in [5, 5.41) is 12.6. The molecule has 0 rings (SSSR count). The normalized spacial score (nSPS) is 13.8. The van der Waals surface area contributed by atoms with Gasteiger partial charge in [-0.2, -0.15) is 0 Å². The smallest absolute Gasteiger partial charge is 0.246 e. The van der Waals surface area contributed by atoms with Gasteiger partial charge in [-0.15, -0.1) is 0 Å². The Kier molecular flexibility index (Phi) is 4.54. The number of carbonyl (C=O) groups excluding carboxylic acids is 1. The Morgan fingerprint density at radius 3 is 1.88 bits per heavy atom. The first kappa shape index (κ1) is 15.4. The van der Waals surface area contributed by atoms with E-state index in [0.717, 1.165) is 0 Å². The second-order valence-electron chi connectivity index (χ2n) is 6.13. The molecule has 0 radical (unpaired) electrons. The van der Waals surface area contributed by atoms with Crippen LogP contribution in [0.4, 0.5) is 0 Å².